The number of aliphatic hydroxyl groups excluding tert-OH is 1. The Balaban J connectivity index is 2.54. The maximum absolute atomic E-state index is 12.9. The third kappa shape index (κ3) is 4.02. The molecule has 0 aliphatic carbocycles. The lowest BCUT2D eigenvalue weighted by Gasteiger charge is -2.11. The minimum Gasteiger partial charge on any atom is -0.479 e. The van der Waals surface area contributed by atoms with E-state index < -0.39 is 30.5 Å². The third-order valence-corrected chi connectivity index (χ3v) is 2.19. The van der Waals surface area contributed by atoms with Crippen LogP contribution in [0.3, 0.4) is 0 Å². The molecule has 1 aromatic rings. The lowest BCUT2D eigenvalue weighted by atomic mass is 10.2. The van der Waals surface area contributed by atoms with E-state index in [-0.39, 0.29) is 5.69 Å². The number of carbonyl (C=O) groups excluding carboxylic acids is 1. The number of halogens is 1. The summed E-state index contributed by atoms with van der Waals surface area (Å²) in [6.45, 7) is 1.25. The molecule has 2 amide bonds. The maximum Gasteiger partial charge on any atom is 0.334 e. The summed E-state index contributed by atoms with van der Waals surface area (Å²) >= 11 is 0. The second-order valence-corrected chi connectivity index (χ2v) is 3.65. The van der Waals surface area contributed by atoms with Crippen molar-refractivity contribution >= 4 is 17.7 Å². The lowest BCUT2D eigenvalue weighted by molar-refractivity contribution is -0.146. The van der Waals surface area contributed by atoms with E-state index in [0.29, 0.717) is 5.56 Å². The van der Waals surface area contributed by atoms with Crippen LogP contribution in [0.2, 0.25) is 0 Å². The van der Waals surface area contributed by atoms with Crippen LogP contribution in [0.1, 0.15) is 5.56 Å². The number of rotatable bonds is 4. The molecular weight excluding hydrogens is 243 g/mol. The molecular formula is C11H13FN2O4. The molecule has 0 bridgehead atoms. The Morgan fingerprint density at radius 2 is 2.11 bits per heavy atom. The number of nitrogens with one attached hydrogen (secondary N) is 2. The standard InChI is InChI=1S/C11H13FN2O4/c1-6-2-3-7(12)4-8(6)14-11(18)13-5-9(15)10(16)17/h2-4,9,15H,5H2,1H3,(H,16,17)(H2,13,14,18). The van der Waals surface area contributed by atoms with Gasteiger partial charge in [0.2, 0.25) is 0 Å². The van der Waals surface area contributed by atoms with Crippen LogP contribution < -0.4 is 10.6 Å². The molecule has 0 saturated carbocycles. The van der Waals surface area contributed by atoms with Crippen molar-refractivity contribution in [2.24, 2.45) is 0 Å². The molecule has 0 heterocycles. The molecule has 18 heavy (non-hydrogen) atoms. The van der Waals surface area contributed by atoms with E-state index in [9.17, 15) is 14.0 Å². The van der Waals surface area contributed by atoms with Gasteiger partial charge < -0.3 is 20.8 Å². The highest BCUT2D eigenvalue weighted by molar-refractivity contribution is 5.90. The number of carboxylic acid groups (broad SMARTS) is 1. The Kier molecular flexibility index (Phi) is 4.61. The molecule has 1 atom stereocenters. The number of carbonyl (C=O) groups is 2. The first kappa shape index (κ1) is 13.9. The van der Waals surface area contributed by atoms with Crippen LogP contribution in [0.15, 0.2) is 18.2 Å². The molecule has 0 aromatic heterocycles. The van der Waals surface area contributed by atoms with Gasteiger partial charge in [0.1, 0.15) is 5.82 Å². The Morgan fingerprint density at radius 1 is 1.44 bits per heavy atom. The van der Waals surface area contributed by atoms with Crippen molar-refractivity contribution in [1.29, 1.82) is 0 Å². The van der Waals surface area contributed by atoms with Crippen LogP contribution in [0, 0.1) is 12.7 Å². The molecule has 1 aromatic carbocycles. The number of aliphatic hydroxyl groups is 1. The highest BCUT2D eigenvalue weighted by Crippen LogP contribution is 2.15. The average Bonchev–Trinajstić information content (AvgIpc) is 2.30. The second-order valence-electron chi connectivity index (χ2n) is 3.65. The molecule has 0 spiro atoms. The fourth-order valence-corrected chi connectivity index (χ4v) is 1.17. The first-order valence-electron chi connectivity index (χ1n) is 5.12. The van der Waals surface area contributed by atoms with Gasteiger partial charge in [0.15, 0.2) is 6.10 Å². The van der Waals surface area contributed by atoms with E-state index in [1.807, 2.05) is 0 Å². The molecule has 0 fully saturated rings. The topological polar surface area (TPSA) is 98.7 Å². The van der Waals surface area contributed by atoms with Gasteiger partial charge in [0, 0.05) is 5.69 Å². The second kappa shape index (κ2) is 5.97. The van der Waals surface area contributed by atoms with Gasteiger partial charge in [-0.05, 0) is 24.6 Å². The van der Waals surface area contributed by atoms with E-state index in [1.54, 1.807) is 6.92 Å². The molecule has 1 unspecified atom stereocenters. The first-order valence-corrected chi connectivity index (χ1v) is 5.12. The number of hydrogen-bond acceptors (Lipinski definition) is 3. The predicted octanol–water partition coefficient (Wildman–Crippen LogP) is 0.701. The Labute approximate surface area is 102 Å². The maximum atomic E-state index is 12.9. The number of aryl methyl sites for hydroxylation is 1. The van der Waals surface area contributed by atoms with Crippen molar-refractivity contribution in [3.63, 3.8) is 0 Å². The molecule has 0 radical (unpaired) electrons. The van der Waals surface area contributed by atoms with Gasteiger partial charge in [0.25, 0.3) is 0 Å². The summed E-state index contributed by atoms with van der Waals surface area (Å²) in [6.07, 6.45) is -1.68. The zero-order valence-electron chi connectivity index (χ0n) is 9.61. The highest BCUT2D eigenvalue weighted by atomic mass is 19.1. The summed E-state index contributed by atoms with van der Waals surface area (Å²) in [5.74, 6) is -1.93. The normalized spacial score (nSPS) is 11.7. The van der Waals surface area contributed by atoms with Gasteiger partial charge in [0.05, 0.1) is 6.54 Å². The van der Waals surface area contributed by atoms with Gasteiger partial charge in [-0.1, -0.05) is 6.07 Å². The zero-order chi connectivity index (χ0) is 13.7. The molecule has 0 saturated heterocycles. The smallest absolute Gasteiger partial charge is 0.334 e. The van der Waals surface area contributed by atoms with Crippen LogP contribution in [0.4, 0.5) is 14.9 Å². The summed E-state index contributed by atoms with van der Waals surface area (Å²) < 4.78 is 12.9. The number of carboxylic acids is 1. The number of anilines is 1. The van der Waals surface area contributed by atoms with E-state index in [2.05, 4.69) is 10.6 Å². The van der Waals surface area contributed by atoms with Crippen molar-refractivity contribution in [2.45, 2.75) is 13.0 Å². The van der Waals surface area contributed by atoms with E-state index in [0.717, 1.165) is 6.07 Å². The first-order chi connectivity index (χ1) is 8.40. The van der Waals surface area contributed by atoms with Gasteiger partial charge >= 0.3 is 12.0 Å². The largest absolute Gasteiger partial charge is 0.479 e. The Morgan fingerprint density at radius 3 is 2.72 bits per heavy atom. The quantitative estimate of drug-likeness (QED) is 0.637. The molecule has 7 heteroatoms. The summed E-state index contributed by atoms with van der Waals surface area (Å²) in [6, 6.07) is 3.18. The molecule has 98 valence electrons. The number of urea groups is 1. The highest BCUT2D eigenvalue weighted by Gasteiger charge is 2.14. The average molecular weight is 256 g/mol. The van der Waals surface area contributed by atoms with E-state index in [4.69, 9.17) is 10.2 Å². The summed E-state index contributed by atoms with van der Waals surface area (Å²) in [5, 5.41) is 21.8. The summed E-state index contributed by atoms with van der Waals surface area (Å²) in [7, 11) is 0. The van der Waals surface area contributed by atoms with Crippen LogP contribution >= 0.6 is 0 Å². The monoisotopic (exact) mass is 256 g/mol. The van der Waals surface area contributed by atoms with Crippen LogP contribution in [0.5, 0.6) is 0 Å². The van der Waals surface area contributed by atoms with Crippen molar-refractivity contribution in [1.82, 2.24) is 5.32 Å². The number of hydrogen-bond donors (Lipinski definition) is 4. The van der Waals surface area contributed by atoms with Gasteiger partial charge in [-0.25, -0.2) is 14.0 Å². The molecule has 6 nitrogen and oxygen atoms in total. The van der Waals surface area contributed by atoms with Crippen LogP contribution in [-0.4, -0.2) is 34.9 Å². The molecule has 0 aliphatic heterocycles. The van der Waals surface area contributed by atoms with Crippen LogP contribution in [0.25, 0.3) is 0 Å². The summed E-state index contributed by atoms with van der Waals surface area (Å²) in [5.41, 5.74) is 0.933. The molecule has 1 rings (SSSR count). The SMILES string of the molecule is Cc1ccc(F)cc1NC(=O)NCC(O)C(=O)O. The van der Waals surface area contributed by atoms with Gasteiger partial charge in [-0.3, -0.25) is 0 Å². The molecule has 4 N–H and O–H groups in total. The van der Waals surface area contributed by atoms with Gasteiger partial charge in [-0.15, -0.1) is 0 Å². The number of amides is 2. The van der Waals surface area contributed by atoms with Crippen molar-refractivity contribution < 1.29 is 24.2 Å². The number of aliphatic carboxylic acids is 1. The Bertz CT molecular complexity index is 464. The van der Waals surface area contributed by atoms with E-state index in [1.165, 1.54) is 12.1 Å². The van der Waals surface area contributed by atoms with Crippen LogP contribution in [-0.2, 0) is 4.79 Å². The minimum atomic E-state index is -1.68. The Hall–Kier alpha value is -2.15. The zero-order valence-corrected chi connectivity index (χ0v) is 9.61. The van der Waals surface area contributed by atoms with Crippen molar-refractivity contribution in [2.75, 3.05) is 11.9 Å². The fourth-order valence-electron chi connectivity index (χ4n) is 1.17. The minimum absolute atomic E-state index is 0.275. The lowest BCUT2D eigenvalue weighted by Crippen LogP contribution is -2.38. The third-order valence-electron chi connectivity index (χ3n) is 2.19. The molecule has 0 aliphatic rings. The van der Waals surface area contributed by atoms with Crippen molar-refractivity contribution in [3.8, 4) is 0 Å². The number of benzene rings is 1. The summed E-state index contributed by atoms with van der Waals surface area (Å²) in [4.78, 5) is 21.7. The predicted molar refractivity (Wildman–Crippen MR) is 61.8 cm³/mol. The van der Waals surface area contributed by atoms with Crippen molar-refractivity contribution in [3.05, 3.63) is 29.6 Å². The van der Waals surface area contributed by atoms with Gasteiger partial charge in [-0.2, -0.15) is 0 Å². The fraction of sp³-hybridized carbons (Fsp3) is 0.273. The van der Waals surface area contributed by atoms with E-state index >= 15 is 0 Å².